The number of aliphatic hydroxyl groups is 3. The van der Waals surface area contributed by atoms with E-state index in [9.17, 15) is 15.3 Å². The third-order valence-corrected chi connectivity index (χ3v) is 12.9. The van der Waals surface area contributed by atoms with Gasteiger partial charge in [-0.05, 0) is 137 Å². The van der Waals surface area contributed by atoms with Crippen LogP contribution < -0.4 is 0 Å². The van der Waals surface area contributed by atoms with Crippen molar-refractivity contribution in [3.05, 3.63) is 35.5 Å². The van der Waals surface area contributed by atoms with Crippen LogP contribution in [0.2, 0.25) is 0 Å². The molecule has 0 aromatic heterocycles. The molecule has 2 unspecified atom stereocenters. The van der Waals surface area contributed by atoms with E-state index in [-0.39, 0.29) is 5.41 Å². The predicted octanol–water partition coefficient (Wildman–Crippen LogP) is 7.12. The van der Waals surface area contributed by atoms with Gasteiger partial charge in [-0.1, -0.05) is 55.6 Å². The highest BCUT2D eigenvalue weighted by Crippen LogP contribution is 2.64. The van der Waals surface area contributed by atoms with Crippen LogP contribution in [0.15, 0.2) is 35.5 Å². The molecule has 0 aliphatic heterocycles. The first kappa shape index (κ1) is 27.8. The van der Waals surface area contributed by atoms with Gasteiger partial charge in [0.25, 0.3) is 0 Å². The number of hydrogen-bond donors (Lipinski definition) is 3. The molecule has 0 aromatic rings. The van der Waals surface area contributed by atoms with Crippen LogP contribution in [-0.4, -0.2) is 33.1 Å². The van der Waals surface area contributed by atoms with Gasteiger partial charge in [0.15, 0.2) is 0 Å². The summed E-state index contributed by atoms with van der Waals surface area (Å²) < 4.78 is 0. The molecule has 0 aromatic carbocycles. The first-order valence-corrected chi connectivity index (χ1v) is 16.2. The lowest BCUT2D eigenvalue weighted by atomic mass is 9.45. The van der Waals surface area contributed by atoms with E-state index in [4.69, 9.17) is 0 Å². The molecule has 3 heteroatoms. The lowest BCUT2D eigenvalue weighted by Gasteiger charge is -2.60. The van der Waals surface area contributed by atoms with E-state index in [0.717, 1.165) is 36.2 Å². The van der Waals surface area contributed by atoms with Gasteiger partial charge in [0.05, 0.1) is 12.2 Å². The molecule has 3 nitrogen and oxygen atoms in total. The van der Waals surface area contributed by atoms with E-state index in [1.54, 1.807) is 5.57 Å². The molecule has 0 saturated heterocycles. The molecule has 3 N–H and O–H groups in total. The minimum Gasteiger partial charge on any atom is -0.388 e. The van der Waals surface area contributed by atoms with Gasteiger partial charge in [0, 0.05) is 11.8 Å². The molecule has 0 spiro atoms. The van der Waals surface area contributed by atoms with Crippen LogP contribution >= 0.6 is 0 Å². The highest BCUT2D eigenvalue weighted by atomic mass is 16.3. The summed E-state index contributed by atoms with van der Waals surface area (Å²) in [5.41, 5.74) is 2.75. The van der Waals surface area contributed by atoms with Crippen LogP contribution in [0.3, 0.4) is 0 Å². The molecule has 7 saturated carbocycles. The molecule has 39 heavy (non-hydrogen) atoms. The molecule has 7 fully saturated rings. The van der Waals surface area contributed by atoms with Crippen LogP contribution in [0.25, 0.3) is 0 Å². The van der Waals surface area contributed by atoms with E-state index >= 15 is 0 Å². The Morgan fingerprint density at radius 2 is 1.64 bits per heavy atom. The van der Waals surface area contributed by atoms with Crippen molar-refractivity contribution in [2.24, 2.45) is 46.3 Å². The van der Waals surface area contributed by atoms with Crippen molar-refractivity contribution in [1.29, 1.82) is 0 Å². The second-order valence-corrected chi connectivity index (χ2v) is 15.4. The first-order chi connectivity index (χ1) is 18.5. The summed E-state index contributed by atoms with van der Waals surface area (Å²) in [7, 11) is 0. The van der Waals surface area contributed by atoms with Crippen molar-refractivity contribution >= 4 is 0 Å². The molecular weight excluding hydrogens is 480 g/mol. The van der Waals surface area contributed by atoms with Crippen LogP contribution in [-0.2, 0) is 0 Å². The zero-order chi connectivity index (χ0) is 27.6. The summed E-state index contributed by atoms with van der Waals surface area (Å²) in [6.45, 7) is 10.8. The van der Waals surface area contributed by atoms with E-state index in [1.807, 2.05) is 6.92 Å². The topological polar surface area (TPSA) is 60.7 Å². The van der Waals surface area contributed by atoms with Crippen molar-refractivity contribution in [3.8, 4) is 11.8 Å². The molecule has 7 aliphatic carbocycles. The van der Waals surface area contributed by atoms with Crippen molar-refractivity contribution in [2.75, 3.05) is 0 Å². The summed E-state index contributed by atoms with van der Waals surface area (Å²) in [6.07, 6.45) is 19.3. The first-order valence-electron chi connectivity index (χ1n) is 16.2. The maximum absolute atomic E-state index is 11.7. The van der Waals surface area contributed by atoms with Gasteiger partial charge in [0.2, 0.25) is 0 Å². The Morgan fingerprint density at radius 3 is 2.26 bits per heavy atom. The fraction of sp³-hybridized carbons (Fsp3) is 0.778. The predicted molar refractivity (Wildman–Crippen MR) is 158 cm³/mol. The lowest BCUT2D eigenvalue weighted by Crippen LogP contribution is -2.56. The van der Waals surface area contributed by atoms with Gasteiger partial charge in [-0.15, -0.1) is 0 Å². The van der Waals surface area contributed by atoms with Crippen LogP contribution in [0.4, 0.5) is 0 Å². The van der Waals surface area contributed by atoms with Gasteiger partial charge in [-0.3, -0.25) is 0 Å². The average molecular weight is 533 g/mol. The van der Waals surface area contributed by atoms with E-state index in [1.165, 1.54) is 64.2 Å². The molecule has 4 bridgehead atoms. The van der Waals surface area contributed by atoms with Gasteiger partial charge in [-0.25, -0.2) is 0 Å². The second kappa shape index (κ2) is 10.2. The Balaban J connectivity index is 1.12. The number of hydrogen-bond acceptors (Lipinski definition) is 3. The molecule has 214 valence electrons. The van der Waals surface area contributed by atoms with E-state index in [0.29, 0.717) is 41.6 Å². The standard InChI is InChI=1S/C36H52O3/c1-23(7-5-14-35(4,39)36-20-26-15-27(21-36)17-28(16-26)22-36)30-11-12-31-29(8-6-13-34(30,31)3)10-9-25-18-32(37)24(2)33(38)19-25/h9-10,23,26-28,30-33,37-39H,2,6-8,11-13,15-22H2,1,3-4H3/b29-10+/t23-,26?,27?,28?,30?,31?,32-,33-,34-,35+,36?/m1/s1. The molecule has 7 rings (SSSR count). The molecule has 0 radical (unpaired) electrons. The monoisotopic (exact) mass is 532 g/mol. The number of fused-ring (bicyclic) bond motifs is 1. The van der Waals surface area contributed by atoms with Crippen molar-refractivity contribution in [1.82, 2.24) is 0 Å². The number of rotatable bonds is 4. The molecule has 7 aliphatic rings. The SMILES string of the molecule is C=C1[C@H](O)CC(=C/C=C2\CCC[C@@]3(C)C2CCC3[C@H](C)CC#C[C@](C)(O)C23CC4CC(CC(C4)C2)C3)C[C@H]1O. The minimum atomic E-state index is -0.855. The van der Waals surface area contributed by atoms with Crippen molar-refractivity contribution in [3.63, 3.8) is 0 Å². The lowest BCUT2D eigenvalue weighted by molar-refractivity contribution is -0.144. The summed E-state index contributed by atoms with van der Waals surface area (Å²) >= 11 is 0. The Morgan fingerprint density at radius 1 is 1.03 bits per heavy atom. The zero-order valence-corrected chi connectivity index (χ0v) is 24.7. The van der Waals surface area contributed by atoms with Gasteiger partial charge in [0.1, 0.15) is 5.60 Å². The largest absolute Gasteiger partial charge is 0.388 e. The van der Waals surface area contributed by atoms with Crippen LogP contribution in [0.1, 0.15) is 111 Å². The average Bonchev–Trinajstić information content (AvgIpc) is 3.22. The third kappa shape index (κ3) is 4.91. The second-order valence-electron chi connectivity index (χ2n) is 15.4. The highest BCUT2D eigenvalue weighted by Gasteiger charge is 2.58. The number of aliphatic hydroxyl groups excluding tert-OH is 2. The Kier molecular flexibility index (Phi) is 7.26. The van der Waals surface area contributed by atoms with Gasteiger partial charge < -0.3 is 15.3 Å². The quantitative estimate of drug-likeness (QED) is 0.267. The van der Waals surface area contributed by atoms with Gasteiger partial charge in [-0.2, -0.15) is 0 Å². The number of allylic oxidation sites excluding steroid dienone is 3. The summed E-state index contributed by atoms with van der Waals surface area (Å²) in [5, 5.41) is 32.2. The third-order valence-electron chi connectivity index (χ3n) is 12.9. The van der Waals surface area contributed by atoms with Crippen LogP contribution in [0, 0.1) is 58.2 Å². The van der Waals surface area contributed by atoms with Gasteiger partial charge >= 0.3 is 0 Å². The summed E-state index contributed by atoms with van der Waals surface area (Å²) in [6, 6.07) is 0. The maximum Gasteiger partial charge on any atom is 0.128 e. The maximum atomic E-state index is 11.7. The Bertz CT molecular complexity index is 1050. The highest BCUT2D eigenvalue weighted by molar-refractivity contribution is 5.30. The molecule has 0 amide bonds. The van der Waals surface area contributed by atoms with Crippen LogP contribution in [0.5, 0.6) is 0 Å². The van der Waals surface area contributed by atoms with Crippen molar-refractivity contribution in [2.45, 2.75) is 128 Å². The summed E-state index contributed by atoms with van der Waals surface area (Å²) in [5.74, 6) is 11.3. The molecule has 7 atom stereocenters. The fourth-order valence-electron chi connectivity index (χ4n) is 11.0. The normalized spacial score (nSPS) is 46.4. The van der Waals surface area contributed by atoms with E-state index < -0.39 is 17.8 Å². The Hall–Kier alpha value is -1.34. The molecular formula is C36H52O3. The van der Waals surface area contributed by atoms with E-state index in [2.05, 4.69) is 44.4 Å². The summed E-state index contributed by atoms with van der Waals surface area (Å²) in [4.78, 5) is 0. The molecule has 0 heterocycles. The Labute approximate surface area is 237 Å². The van der Waals surface area contributed by atoms with Crippen molar-refractivity contribution < 1.29 is 15.3 Å². The zero-order valence-electron chi connectivity index (χ0n) is 24.7. The smallest absolute Gasteiger partial charge is 0.128 e. The minimum absolute atomic E-state index is 0.0393. The fourth-order valence-corrected chi connectivity index (χ4v) is 11.0.